The van der Waals surface area contributed by atoms with Crippen LogP contribution in [0.1, 0.15) is 37.3 Å². The number of nitrogens with one attached hydrogen (secondary N) is 1. The summed E-state index contributed by atoms with van der Waals surface area (Å²) in [6, 6.07) is 5.58. The molecule has 7 N–H and O–H groups in total. The molecule has 38 heavy (non-hydrogen) atoms. The molecule has 1 unspecified atom stereocenters. The Morgan fingerprint density at radius 2 is 1.45 bits per heavy atom. The Hall–Kier alpha value is -5.36. The Bertz CT molecular complexity index is 1310. The highest BCUT2D eigenvalue weighted by atomic mass is 16.3. The minimum Gasteiger partial charge on any atom is -0.504 e. The molecule has 0 fully saturated rings. The smallest absolute Gasteiger partial charge is 0.262 e. The highest BCUT2D eigenvalue weighted by Gasteiger charge is 2.19. The average molecular weight is 523 g/mol. The van der Waals surface area contributed by atoms with Crippen molar-refractivity contribution >= 4 is 24.0 Å². The van der Waals surface area contributed by atoms with Crippen LogP contribution >= 0.6 is 0 Å². The fourth-order valence-electron chi connectivity index (χ4n) is 3.40. The molecule has 0 saturated carbocycles. The minimum absolute atomic E-state index is 0.0675. The maximum absolute atomic E-state index is 12.7. The molecule has 2 rings (SSSR count). The van der Waals surface area contributed by atoms with Crippen LogP contribution in [-0.4, -0.2) is 59.9 Å². The largest absolute Gasteiger partial charge is 0.504 e. The fourth-order valence-corrected chi connectivity index (χ4v) is 3.40. The van der Waals surface area contributed by atoms with Gasteiger partial charge in [0.15, 0.2) is 40.7 Å². The van der Waals surface area contributed by atoms with Gasteiger partial charge in [-0.3, -0.25) is 9.59 Å². The molecule has 0 heterocycles. The first-order valence-corrected chi connectivity index (χ1v) is 11.3. The fraction of sp³-hybridized carbons (Fsp3) is 0.231. The van der Waals surface area contributed by atoms with E-state index in [1.807, 2.05) is 6.92 Å². The van der Waals surface area contributed by atoms with Crippen molar-refractivity contribution in [3.8, 4) is 46.8 Å². The summed E-state index contributed by atoms with van der Waals surface area (Å²) in [5, 5.41) is 78.7. The average Bonchev–Trinajstić information content (AvgIpc) is 2.87. The Balaban J connectivity index is 2.09. The van der Waals surface area contributed by atoms with E-state index in [0.29, 0.717) is 12.8 Å². The lowest BCUT2D eigenvalue weighted by Gasteiger charge is -2.20. The monoisotopic (exact) mass is 522 g/mol. The summed E-state index contributed by atoms with van der Waals surface area (Å²) < 4.78 is 0. The summed E-state index contributed by atoms with van der Waals surface area (Å²) in [4.78, 5) is 26.0. The van der Waals surface area contributed by atoms with Gasteiger partial charge in [0.1, 0.15) is 11.6 Å². The van der Waals surface area contributed by atoms with Crippen molar-refractivity contribution in [3.63, 3.8) is 0 Å². The lowest BCUT2D eigenvalue weighted by Crippen LogP contribution is -2.38. The Morgan fingerprint density at radius 1 is 0.921 bits per heavy atom. The van der Waals surface area contributed by atoms with Gasteiger partial charge in [0.25, 0.3) is 11.8 Å². The quantitative estimate of drug-likeness (QED) is 0.0794. The first-order chi connectivity index (χ1) is 18.0. The summed E-state index contributed by atoms with van der Waals surface area (Å²) in [5.41, 5.74) is -0.0433. The van der Waals surface area contributed by atoms with Crippen LogP contribution in [0.2, 0.25) is 0 Å². The van der Waals surface area contributed by atoms with Gasteiger partial charge in [0, 0.05) is 18.7 Å². The zero-order valence-corrected chi connectivity index (χ0v) is 20.3. The van der Waals surface area contributed by atoms with Crippen LogP contribution in [0.5, 0.6) is 34.5 Å². The van der Waals surface area contributed by atoms with Gasteiger partial charge in [-0.05, 0) is 60.4 Å². The standard InChI is InChI=1S/C26H26N4O8/c1-2-3-18(29-26(38)17(13-27)8-16-11-21(33)25(37)22(34)12-16)6-7-30(14-28)23(35)5-4-15-9-19(31)24(36)20(32)10-15/h4-5,8-12,18,31-34,36-37H,2-3,6-7H2,1H3,(H,29,38)/b5-4+,17-8+. The number of hydrogen-bond acceptors (Lipinski definition) is 10. The number of nitriles is 2. The van der Waals surface area contributed by atoms with Crippen molar-refractivity contribution in [3.05, 3.63) is 47.0 Å². The van der Waals surface area contributed by atoms with Gasteiger partial charge in [0.2, 0.25) is 0 Å². The van der Waals surface area contributed by atoms with E-state index in [1.54, 1.807) is 12.3 Å². The molecule has 0 bridgehead atoms. The van der Waals surface area contributed by atoms with Crippen molar-refractivity contribution in [1.29, 1.82) is 10.5 Å². The van der Waals surface area contributed by atoms with E-state index in [4.69, 9.17) is 0 Å². The molecule has 1 atom stereocenters. The number of rotatable bonds is 10. The van der Waals surface area contributed by atoms with E-state index >= 15 is 0 Å². The normalized spacial score (nSPS) is 11.9. The minimum atomic E-state index is -0.750. The third kappa shape index (κ3) is 7.57. The molecule has 0 aliphatic heterocycles. The number of phenolic OH excluding ortho intramolecular Hbond substituents is 6. The van der Waals surface area contributed by atoms with Crippen molar-refractivity contribution in [1.82, 2.24) is 10.2 Å². The van der Waals surface area contributed by atoms with E-state index in [0.717, 1.165) is 41.3 Å². The van der Waals surface area contributed by atoms with Crippen LogP contribution in [0.4, 0.5) is 0 Å². The molecule has 2 aromatic carbocycles. The summed E-state index contributed by atoms with van der Waals surface area (Å²) >= 11 is 0. The topological polar surface area (TPSA) is 218 Å². The molecule has 0 radical (unpaired) electrons. The van der Waals surface area contributed by atoms with Gasteiger partial charge in [-0.1, -0.05) is 13.3 Å². The molecule has 2 aromatic rings. The van der Waals surface area contributed by atoms with E-state index in [2.05, 4.69) is 5.32 Å². The zero-order valence-electron chi connectivity index (χ0n) is 20.3. The predicted molar refractivity (Wildman–Crippen MR) is 134 cm³/mol. The second kappa shape index (κ2) is 13.1. The number of carbonyl (C=O) groups is 2. The van der Waals surface area contributed by atoms with Crippen molar-refractivity contribution in [2.45, 2.75) is 32.2 Å². The van der Waals surface area contributed by atoms with Gasteiger partial charge in [-0.15, -0.1) is 0 Å². The second-order valence-corrected chi connectivity index (χ2v) is 8.16. The molecule has 12 heteroatoms. The van der Waals surface area contributed by atoms with Gasteiger partial charge >= 0.3 is 0 Å². The lowest BCUT2D eigenvalue weighted by atomic mass is 10.1. The van der Waals surface area contributed by atoms with Crippen molar-refractivity contribution < 1.29 is 40.2 Å². The number of nitrogens with zero attached hydrogens (tertiary/aromatic N) is 3. The molecule has 12 nitrogen and oxygen atoms in total. The third-order valence-electron chi connectivity index (χ3n) is 5.34. The third-order valence-corrected chi connectivity index (χ3v) is 5.34. The first-order valence-electron chi connectivity index (χ1n) is 11.3. The van der Waals surface area contributed by atoms with E-state index in [-0.39, 0.29) is 29.7 Å². The number of phenols is 6. The Morgan fingerprint density at radius 3 is 1.92 bits per heavy atom. The van der Waals surface area contributed by atoms with Gasteiger partial charge < -0.3 is 36.0 Å². The van der Waals surface area contributed by atoms with Gasteiger partial charge in [-0.2, -0.15) is 10.5 Å². The van der Waals surface area contributed by atoms with Crippen LogP contribution in [0.3, 0.4) is 0 Å². The molecular formula is C26H26N4O8. The maximum Gasteiger partial charge on any atom is 0.262 e. The first kappa shape index (κ1) is 28.9. The summed E-state index contributed by atoms with van der Waals surface area (Å²) in [7, 11) is 0. The van der Waals surface area contributed by atoms with Crippen molar-refractivity contribution in [2.24, 2.45) is 0 Å². The van der Waals surface area contributed by atoms with Gasteiger partial charge in [-0.25, -0.2) is 4.90 Å². The molecule has 0 aliphatic rings. The van der Waals surface area contributed by atoms with E-state index < -0.39 is 52.4 Å². The second-order valence-electron chi connectivity index (χ2n) is 8.16. The van der Waals surface area contributed by atoms with Crippen LogP contribution < -0.4 is 5.32 Å². The number of hydrogen-bond donors (Lipinski definition) is 7. The predicted octanol–water partition coefficient (Wildman–Crippen LogP) is 2.53. The Kier molecular flexibility index (Phi) is 9.94. The molecule has 0 spiro atoms. The molecule has 0 saturated heterocycles. The van der Waals surface area contributed by atoms with Crippen LogP contribution in [0.15, 0.2) is 35.9 Å². The number of amides is 2. The molecule has 2 amide bonds. The van der Waals surface area contributed by atoms with Crippen LogP contribution in [0, 0.1) is 22.8 Å². The van der Waals surface area contributed by atoms with Gasteiger partial charge in [0.05, 0.1) is 0 Å². The SMILES string of the molecule is CCCC(CCN(C#N)C(=O)/C=C/c1cc(O)c(O)c(O)c1)NC(=O)/C(C#N)=C/c1cc(O)c(O)c(O)c1. The summed E-state index contributed by atoms with van der Waals surface area (Å²) in [6.07, 6.45) is 6.44. The highest BCUT2D eigenvalue weighted by Crippen LogP contribution is 2.36. The lowest BCUT2D eigenvalue weighted by molar-refractivity contribution is -0.123. The van der Waals surface area contributed by atoms with E-state index in [1.165, 1.54) is 6.08 Å². The Labute approximate surface area is 217 Å². The van der Waals surface area contributed by atoms with Crippen LogP contribution in [0.25, 0.3) is 12.2 Å². The summed E-state index contributed by atoms with van der Waals surface area (Å²) in [5.74, 6) is -5.33. The zero-order chi connectivity index (χ0) is 28.4. The number of aromatic hydroxyl groups is 6. The summed E-state index contributed by atoms with van der Waals surface area (Å²) in [6.45, 7) is 1.79. The molecule has 0 aliphatic carbocycles. The van der Waals surface area contributed by atoms with E-state index in [9.17, 15) is 50.8 Å². The highest BCUT2D eigenvalue weighted by molar-refractivity contribution is 6.02. The molecule has 0 aromatic heterocycles. The number of carbonyl (C=O) groups excluding carboxylic acids is 2. The maximum atomic E-state index is 12.7. The number of benzene rings is 2. The molecular weight excluding hydrogens is 496 g/mol. The molecule has 198 valence electrons. The van der Waals surface area contributed by atoms with Crippen LogP contribution in [-0.2, 0) is 9.59 Å². The van der Waals surface area contributed by atoms with Crippen molar-refractivity contribution in [2.75, 3.05) is 6.54 Å².